The van der Waals surface area contributed by atoms with Gasteiger partial charge in [0, 0.05) is 0 Å². The van der Waals surface area contributed by atoms with Gasteiger partial charge in [-0.05, 0) is 31.5 Å². The van der Waals surface area contributed by atoms with Crippen LogP contribution in [0, 0.1) is 6.92 Å². The van der Waals surface area contributed by atoms with Gasteiger partial charge in [0.2, 0.25) is 0 Å². The molecule has 0 radical (unpaired) electrons. The Labute approximate surface area is 121 Å². The molecule has 0 saturated carbocycles. The molecule has 0 amide bonds. The number of esters is 1. The molecule has 0 atom stereocenters. The maximum atomic E-state index is 11.7. The van der Waals surface area contributed by atoms with Crippen LogP contribution in [0.15, 0.2) is 24.3 Å². The van der Waals surface area contributed by atoms with Gasteiger partial charge in [-0.2, -0.15) is 0 Å². The van der Waals surface area contributed by atoms with Crippen molar-refractivity contribution in [2.45, 2.75) is 20.4 Å². The van der Waals surface area contributed by atoms with Crippen molar-refractivity contribution >= 4 is 11.9 Å². The number of ether oxygens (including phenoxy) is 1. The van der Waals surface area contributed by atoms with Gasteiger partial charge in [0.25, 0.3) is 0 Å². The second-order valence-electron chi connectivity index (χ2n) is 4.41. The van der Waals surface area contributed by atoms with E-state index in [4.69, 9.17) is 9.84 Å². The number of hydrogen-bond acceptors (Lipinski definition) is 5. The zero-order chi connectivity index (χ0) is 15.4. The van der Waals surface area contributed by atoms with Crippen LogP contribution < -0.4 is 0 Å². The summed E-state index contributed by atoms with van der Waals surface area (Å²) in [6.07, 6.45) is 0. The van der Waals surface area contributed by atoms with E-state index in [2.05, 4.69) is 10.3 Å². The van der Waals surface area contributed by atoms with Crippen LogP contribution in [0.25, 0.3) is 0 Å². The van der Waals surface area contributed by atoms with Gasteiger partial charge in [0.15, 0.2) is 5.69 Å². The fourth-order valence-electron chi connectivity index (χ4n) is 1.87. The summed E-state index contributed by atoms with van der Waals surface area (Å²) >= 11 is 0. The molecular weight excluding hydrogens is 274 g/mol. The number of rotatable bonds is 5. The molecule has 1 N–H and O–H groups in total. The number of carboxylic acids is 1. The molecule has 0 aliphatic heterocycles. The number of carbonyl (C=O) groups is 2. The van der Waals surface area contributed by atoms with Crippen LogP contribution in [-0.2, 0) is 11.3 Å². The topological polar surface area (TPSA) is 94.3 Å². The fraction of sp³-hybridized carbons (Fsp3) is 0.286. The highest BCUT2D eigenvalue weighted by Crippen LogP contribution is 2.11. The molecule has 1 aromatic carbocycles. The molecule has 0 aliphatic rings. The number of aromatic nitrogens is 3. The molecule has 0 saturated heterocycles. The van der Waals surface area contributed by atoms with Crippen molar-refractivity contribution in [2.24, 2.45) is 0 Å². The molecule has 1 aromatic heterocycles. The average molecular weight is 289 g/mol. The van der Waals surface area contributed by atoms with E-state index in [1.165, 1.54) is 10.7 Å². The Morgan fingerprint density at radius 2 is 2.14 bits per heavy atom. The van der Waals surface area contributed by atoms with E-state index in [0.29, 0.717) is 12.2 Å². The summed E-state index contributed by atoms with van der Waals surface area (Å²) in [5.74, 6) is -1.50. The second-order valence-corrected chi connectivity index (χ2v) is 4.41. The number of hydrogen-bond donors (Lipinski definition) is 1. The summed E-state index contributed by atoms with van der Waals surface area (Å²) in [5.41, 5.74) is 1.72. The van der Waals surface area contributed by atoms with Crippen LogP contribution in [0.5, 0.6) is 0 Å². The van der Waals surface area contributed by atoms with Crippen LogP contribution >= 0.6 is 0 Å². The minimum absolute atomic E-state index is 0.172. The van der Waals surface area contributed by atoms with Crippen molar-refractivity contribution in [2.75, 3.05) is 6.61 Å². The minimum Gasteiger partial charge on any atom is -0.478 e. The van der Waals surface area contributed by atoms with Gasteiger partial charge in [-0.15, -0.1) is 5.10 Å². The van der Waals surface area contributed by atoms with E-state index in [0.717, 1.165) is 5.56 Å². The Kier molecular flexibility index (Phi) is 4.32. The molecule has 2 aromatic rings. The van der Waals surface area contributed by atoms with Crippen molar-refractivity contribution in [3.05, 3.63) is 46.8 Å². The van der Waals surface area contributed by atoms with E-state index in [1.54, 1.807) is 32.0 Å². The smallest absolute Gasteiger partial charge is 0.360 e. The fourth-order valence-corrected chi connectivity index (χ4v) is 1.87. The van der Waals surface area contributed by atoms with Gasteiger partial charge in [0.1, 0.15) is 0 Å². The quantitative estimate of drug-likeness (QED) is 0.838. The van der Waals surface area contributed by atoms with Crippen molar-refractivity contribution in [3.63, 3.8) is 0 Å². The largest absolute Gasteiger partial charge is 0.478 e. The van der Waals surface area contributed by atoms with Gasteiger partial charge in [-0.25, -0.2) is 14.3 Å². The SMILES string of the molecule is CCOC(=O)c1nnn(Cc2cccc(C(=O)O)c2)c1C. The molecule has 1 heterocycles. The molecular formula is C14H15N3O4. The van der Waals surface area contributed by atoms with Crippen molar-refractivity contribution in [3.8, 4) is 0 Å². The summed E-state index contributed by atoms with van der Waals surface area (Å²) in [7, 11) is 0. The lowest BCUT2D eigenvalue weighted by Gasteiger charge is -2.05. The van der Waals surface area contributed by atoms with Crippen LogP contribution in [0.2, 0.25) is 0 Å². The molecule has 21 heavy (non-hydrogen) atoms. The van der Waals surface area contributed by atoms with Crippen LogP contribution in [-0.4, -0.2) is 38.6 Å². The van der Waals surface area contributed by atoms with Gasteiger partial charge in [-0.1, -0.05) is 17.3 Å². The monoisotopic (exact) mass is 289 g/mol. The molecule has 110 valence electrons. The molecule has 7 nitrogen and oxygen atoms in total. The number of aromatic carboxylic acids is 1. The standard InChI is InChI=1S/C14H15N3O4/c1-3-21-14(20)12-9(2)17(16-15-12)8-10-5-4-6-11(7-10)13(18)19/h4-7H,3,8H2,1-2H3,(H,18,19). The van der Waals surface area contributed by atoms with E-state index in [9.17, 15) is 9.59 Å². The summed E-state index contributed by atoms with van der Waals surface area (Å²) in [6.45, 7) is 4.04. The molecule has 2 rings (SSSR count). The Morgan fingerprint density at radius 1 is 1.38 bits per heavy atom. The van der Waals surface area contributed by atoms with Gasteiger partial charge in [0.05, 0.1) is 24.4 Å². The van der Waals surface area contributed by atoms with Crippen molar-refractivity contribution in [1.29, 1.82) is 0 Å². The Bertz CT molecular complexity index is 679. The number of carboxylic acid groups (broad SMARTS) is 1. The summed E-state index contributed by atoms with van der Waals surface area (Å²) in [6, 6.07) is 6.53. The average Bonchev–Trinajstić information content (AvgIpc) is 2.81. The molecule has 0 spiro atoms. The first-order valence-electron chi connectivity index (χ1n) is 6.42. The third kappa shape index (κ3) is 3.25. The zero-order valence-electron chi connectivity index (χ0n) is 11.7. The highest BCUT2D eigenvalue weighted by atomic mass is 16.5. The van der Waals surface area contributed by atoms with Crippen molar-refractivity contribution in [1.82, 2.24) is 15.0 Å². The summed E-state index contributed by atoms with van der Waals surface area (Å²) in [5, 5.41) is 16.7. The van der Waals surface area contributed by atoms with Gasteiger partial charge >= 0.3 is 11.9 Å². The van der Waals surface area contributed by atoms with Crippen LogP contribution in [0.3, 0.4) is 0 Å². The zero-order valence-corrected chi connectivity index (χ0v) is 11.7. The van der Waals surface area contributed by atoms with Gasteiger partial charge < -0.3 is 9.84 Å². The predicted octanol–water partition coefficient (Wildman–Crippen LogP) is 1.51. The maximum absolute atomic E-state index is 11.7. The third-order valence-corrected chi connectivity index (χ3v) is 2.96. The lowest BCUT2D eigenvalue weighted by atomic mass is 10.1. The Balaban J connectivity index is 2.23. The molecule has 0 unspecified atom stereocenters. The van der Waals surface area contributed by atoms with E-state index >= 15 is 0 Å². The Hall–Kier alpha value is -2.70. The minimum atomic E-state index is -0.987. The van der Waals surface area contributed by atoms with Crippen LogP contribution in [0.4, 0.5) is 0 Å². The molecule has 0 bridgehead atoms. The summed E-state index contributed by atoms with van der Waals surface area (Å²) in [4.78, 5) is 22.6. The van der Waals surface area contributed by atoms with E-state index in [-0.39, 0.29) is 17.9 Å². The highest BCUT2D eigenvalue weighted by molar-refractivity contribution is 5.88. The van der Waals surface area contributed by atoms with Crippen molar-refractivity contribution < 1.29 is 19.4 Å². The predicted molar refractivity (Wildman–Crippen MR) is 73.2 cm³/mol. The summed E-state index contributed by atoms with van der Waals surface area (Å²) < 4.78 is 6.43. The Morgan fingerprint density at radius 3 is 2.81 bits per heavy atom. The van der Waals surface area contributed by atoms with E-state index in [1.807, 2.05) is 0 Å². The lowest BCUT2D eigenvalue weighted by Crippen LogP contribution is -2.09. The maximum Gasteiger partial charge on any atom is 0.360 e. The number of benzene rings is 1. The normalized spacial score (nSPS) is 10.4. The molecule has 0 fully saturated rings. The third-order valence-electron chi connectivity index (χ3n) is 2.96. The molecule has 0 aliphatic carbocycles. The number of nitrogens with zero attached hydrogens (tertiary/aromatic N) is 3. The number of carbonyl (C=O) groups excluding carboxylic acids is 1. The van der Waals surface area contributed by atoms with E-state index < -0.39 is 11.9 Å². The second kappa shape index (κ2) is 6.17. The highest BCUT2D eigenvalue weighted by Gasteiger charge is 2.17. The first kappa shape index (κ1) is 14.7. The first-order chi connectivity index (χ1) is 10.0. The first-order valence-corrected chi connectivity index (χ1v) is 6.42. The molecule has 7 heteroatoms. The van der Waals surface area contributed by atoms with Gasteiger partial charge in [-0.3, -0.25) is 0 Å². The van der Waals surface area contributed by atoms with Crippen LogP contribution in [0.1, 0.15) is 39.0 Å². The lowest BCUT2D eigenvalue weighted by molar-refractivity contribution is 0.0518.